The molecular formula is C26H34ClN3O3. The lowest BCUT2D eigenvalue weighted by Gasteiger charge is -2.37. The number of para-hydroxylation sites is 2. The summed E-state index contributed by atoms with van der Waals surface area (Å²) in [5.41, 5.74) is 1.17. The molecule has 6 nitrogen and oxygen atoms in total. The maximum atomic E-state index is 13.1. The molecule has 2 saturated heterocycles. The molecule has 1 aromatic rings. The zero-order valence-corrected chi connectivity index (χ0v) is 20.1. The van der Waals surface area contributed by atoms with Crippen LogP contribution in [0.25, 0.3) is 0 Å². The van der Waals surface area contributed by atoms with Gasteiger partial charge in [-0.25, -0.2) is 0 Å². The smallest absolute Gasteiger partial charge is 0.233 e. The number of methoxy groups -OCH3 is 1. The standard InChI is InChI=1S/C26H33N3O3.ClH/c1-32-22-7-3-2-6-21(22)28-14-12-27(13-15-28)10-4-5-11-29-25(30)23-17-8-9-18(20-16-19(17)20)24(23)26(29)31;/h2-3,6-9,17-20,23-24H,4-5,10-16H2,1H3;1H. The summed E-state index contributed by atoms with van der Waals surface area (Å²) in [7, 11) is 1.73. The second kappa shape index (κ2) is 8.95. The summed E-state index contributed by atoms with van der Waals surface area (Å²) in [6, 6.07) is 8.21. The van der Waals surface area contributed by atoms with Gasteiger partial charge in [-0.1, -0.05) is 24.3 Å². The first-order chi connectivity index (χ1) is 15.7. The molecule has 0 spiro atoms. The minimum absolute atomic E-state index is 0. The van der Waals surface area contributed by atoms with Crippen LogP contribution < -0.4 is 9.64 Å². The summed E-state index contributed by atoms with van der Waals surface area (Å²) in [6.45, 7) is 5.67. The zero-order valence-electron chi connectivity index (χ0n) is 19.3. The molecule has 4 aliphatic carbocycles. The van der Waals surface area contributed by atoms with Gasteiger partial charge >= 0.3 is 0 Å². The lowest BCUT2D eigenvalue weighted by molar-refractivity contribution is -0.140. The number of piperazine rings is 1. The molecule has 0 aromatic heterocycles. The van der Waals surface area contributed by atoms with Gasteiger partial charge in [0.05, 0.1) is 24.6 Å². The Kier molecular flexibility index (Phi) is 6.17. The number of amides is 2. The largest absolute Gasteiger partial charge is 0.495 e. The van der Waals surface area contributed by atoms with Gasteiger partial charge in [0, 0.05) is 32.7 Å². The number of nitrogens with zero attached hydrogens (tertiary/aromatic N) is 3. The van der Waals surface area contributed by atoms with E-state index in [0.29, 0.717) is 30.2 Å². The van der Waals surface area contributed by atoms with E-state index in [1.165, 1.54) is 12.1 Å². The van der Waals surface area contributed by atoms with Gasteiger partial charge in [-0.2, -0.15) is 0 Å². The number of hydrogen-bond donors (Lipinski definition) is 0. The number of anilines is 1. The number of rotatable bonds is 7. The number of benzene rings is 1. The Morgan fingerprint density at radius 1 is 0.879 bits per heavy atom. The lowest BCUT2D eigenvalue weighted by atomic mass is 9.63. The second-order valence-corrected chi connectivity index (χ2v) is 10.2. The molecule has 0 N–H and O–H groups in total. The van der Waals surface area contributed by atoms with Crippen molar-refractivity contribution in [1.29, 1.82) is 0 Å². The van der Waals surface area contributed by atoms with E-state index in [9.17, 15) is 9.59 Å². The Morgan fingerprint density at radius 2 is 1.48 bits per heavy atom. The van der Waals surface area contributed by atoms with Crippen LogP contribution in [-0.4, -0.2) is 68.0 Å². The van der Waals surface area contributed by atoms with Crippen molar-refractivity contribution in [2.45, 2.75) is 19.3 Å². The summed E-state index contributed by atoms with van der Waals surface area (Å²) >= 11 is 0. The second-order valence-electron chi connectivity index (χ2n) is 10.2. The highest BCUT2D eigenvalue weighted by Crippen LogP contribution is 2.65. The number of imide groups is 1. The predicted octanol–water partition coefficient (Wildman–Crippen LogP) is 3.07. The highest BCUT2D eigenvalue weighted by atomic mass is 35.5. The number of ether oxygens (including phenoxy) is 1. The van der Waals surface area contributed by atoms with Crippen LogP contribution in [0.15, 0.2) is 36.4 Å². The molecule has 6 aliphatic rings. The van der Waals surface area contributed by atoms with Gasteiger partial charge in [-0.15, -0.1) is 12.4 Å². The Morgan fingerprint density at radius 3 is 2.12 bits per heavy atom. The van der Waals surface area contributed by atoms with E-state index < -0.39 is 0 Å². The maximum Gasteiger partial charge on any atom is 0.233 e. The van der Waals surface area contributed by atoms with E-state index in [1.54, 1.807) is 12.0 Å². The van der Waals surface area contributed by atoms with Crippen molar-refractivity contribution in [3.63, 3.8) is 0 Å². The summed E-state index contributed by atoms with van der Waals surface area (Å²) in [5, 5.41) is 0. The maximum absolute atomic E-state index is 13.1. The number of carbonyl (C=O) groups is 2. The summed E-state index contributed by atoms with van der Waals surface area (Å²) in [6.07, 6.45) is 7.65. The molecule has 33 heavy (non-hydrogen) atoms. The molecule has 2 saturated carbocycles. The summed E-state index contributed by atoms with van der Waals surface area (Å²) < 4.78 is 5.51. The van der Waals surface area contributed by atoms with Crippen molar-refractivity contribution < 1.29 is 14.3 Å². The number of carbonyl (C=O) groups excluding carboxylic acids is 2. The Balaban J connectivity index is 0.00000228. The van der Waals surface area contributed by atoms with Crippen LogP contribution in [0, 0.1) is 35.5 Å². The third-order valence-corrected chi connectivity index (χ3v) is 8.66. The van der Waals surface area contributed by atoms with Gasteiger partial charge in [-0.3, -0.25) is 19.4 Å². The first-order valence-corrected chi connectivity index (χ1v) is 12.3. The Labute approximate surface area is 202 Å². The molecule has 2 heterocycles. The molecule has 178 valence electrons. The van der Waals surface area contributed by atoms with Crippen LogP contribution in [0.3, 0.4) is 0 Å². The number of likely N-dealkylation sites (tertiary alicyclic amines) is 1. The van der Waals surface area contributed by atoms with Gasteiger partial charge in [-0.05, 0) is 61.6 Å². The SMILES string of the molecule is COc1ccccc1N1CCN(CCCCN2C(=O)C3C4C=CC(C5CC45)C3C2=O)CC1.Cl. The first kappa shape index (κ1) is 22.7. The van der Waals surface area contributed by atoms with Gasteiger partial charge < -0.3 is 9.64 Å². The lowest BCUT2D eigenvalue weighted by Crippen LogP contribution is -2.46. The minimum atomic E-state index is -0.0516. The molecule has 1 aromatic carbocycles. The highest BCUT2D eigenvalue weighted by molar-refractivity contribution is 6.06. The normalized spacial score (nSPS) is 34.2. The molecule has 2 amide bonds. The van der Waals surface area contributed by atoms with E-state index in [0.717, 1.165) is 51.3 Å². The average Bonchev–Trinajstić information content (AvgIpc) is 3.62. The van der Waals surface area contributed by atoms with Crippen LogP contribution >= 0.6 is 12.4 Å². The molecule has 7 heteroatoms. The van der Waals surface area contributed by atoms with Crippen LogP contribution in [-0.2, 0) is 9.59 Å². The van der Waals surface area contributed by atoms with E-state index in [2.05, 4.69) is 34.1 Å². The van der Waals surface area contributed by atoms with E-state index in [1.807, 2.05) is 12.1 Å². The number of allylic oxidation sites excluding steroid dienone is 2. The van der Waals surface area contributed by atoms with Crippen LogP contribution in [0.2, 0.25) is 0 Å². The fourth-order valence-corrected chi connectivity index (χ4v) is 6.95. The van der Waals surface area contributed by atoms with E-state index >= 15 is 0 Å². The number of unbranched alkanes of at least 4 members (excludes halogenated alkanes) is 1. The molecule has 7 rings (SSSR count). The average molecular weight is 472 g/mol. The Bertz CT molecular complexity index is 908. The fourth-order valence-electron chi connectivity index (χ4n) is 6.95. The van der Waals surface area contributed by atoms with E-state index in [4.69, 9.17) is 4.74 Å². The van der Waals surface area contributed by atoms with Crippen molar-refractivity contribution in [3.8, 4) is 5.75 Å². The van der Waals surface area contributed by atoms with Crippen molar-refractivity contribution in [1.82, 2.24) is 9.80 Å². The highest BCUT2D eigenvalue weighted by Gasteiger charge is 2.66. The fraction of sp³-hybridized carbons (Fsp3) is 0.615. The van der Waals surface area contributed by atoms with Crippen molar-refractivity contribution in [2.75, 3.05) is 51.3 Å². The molecule has 4 fully saturated rings. The third kappa shape index (κ3) is 3.75. The summed E-state index contributed by atoms with van der Waals surface area (Å²) in [4.78, 5) is 32.6. The Hall–Kier alpha value is -2.05. The summed E-state index contributed by atoms with van der Waals surface area (Å²) in [5.74, 6) is 3.09. The molecule has 2 bridgehead atoms. The molecule has 0 radical (unpaired) electrons. The number of hydrogen-bond acceptors (Lipinski definition) is 5. The topological polar surface area (TPSA) is 53.1 Å². The minimum Gasteiger partial charge on any atom is -0.495 e. The predicted molar refractivity (Wildman–Crippen MR) is 130 cm³/mol. The van der Waals surface area contributed by atoms with Gasteiger partial charge in [0.1, 0.15) is 5.75 Å². The van der Waals surface area contributed by atoms with E-state index in [-0.39, 0.29) is 36.1 Å². The quantitative estimate of drug-likeness (QED) is 0.347. The van der Waals surface area contributed by atoms with Crippen LogP contribution in [0.1, 0.15) is 19.3 Å². The van der Waals surface area contributed by atoms with Crippen molar-refractivity contribution in [3.05, 3.63) is 36.4 Å². The van der Waals surface area contributed by atoms with Gasteiger partial charge in [0.2, 0.25) is 11.8 Å². The zero-order chi connectivity index (χ0) is 21.8. The molecule has 6 atom stereocenters. The van der Waals surface area contributed by atoms with Gasteiger partial charge in [0.25, 0.3) is 0 Å². The van der Waals surface area contributed by atoms with Crippen LogP contribution in [0.5, 0.6) is 5.75 Å². The molecule has 2 aliphatic heterocycles. The number of halogens is 1. The van der Waals surface area contributed by atoms with Gasteiger partial charge in [0.15, 0.2) is 0 Å². The van der Waals surface area contributed by atoms with Crippen molar-refractivity contribution in [2.24, 2.45) is 35.5 Å². The van der Waals surface area contributed by atoms with Crippen LogP contribution in [0.4, 0.5) is 5.69 Å². The molecule has 6 unspecified atom stereocenters. The van der Waals surface area contributed by atoms with Crippen molar-refractivity contribution >= 4 is 29.9 Å². The molecular weight excluding hydrogens is 438 g/mol. The monoisotopic (exact) mass is 471 g/mol. The third-order valence-electron chi connectivity index (χ3n) is 8.66. The first-order valence-electron chi connectivity index (χ1n) is 12.3.